The number of halogens is 4. The molecule has 168 valence electrons. The number of alkyl halides is 3. The average Bonchev–Trinajstić information content (AvgIpc) is 3.39. The lowest BCUT2D eigenvalue weighted by molar-refractivity contribution is -0.143. The molecule has 4 rings (SSSR count). The quantitative estimate of drug-likeness (QED) is 0.720. The molecule has 10 heteroatoms. The van der Waals surface area contributed by atoms with Crippen molar-refractivity contribution < 1.29 is 22.4 Å². The summed E-state index contributed by atoms with van der Waals surface area (Å²) in [6.45, 7) is 2.67. The molecule has 1 aliphatic heterocycles. The smallest absolute Gasteiger partial charge is 0.348 e. The Balaban J connectivity index is 1.44. The Kier molecular flexibility index (Phi) is 6.27. The zero-order valence-electron chi connectivity index (χ0n) is 17.0. The Bertz CT molecular complexity index is 915. The van der Waals surface area contributed by atoms with Crippen LogP contribution >= 0.6 is 0 Å². The van der Waals surface area contributed by atoms with Crippen molar-refractivity contribution in [3.8, 4) is 5.69 Å². The third-order valence-corrected chi connectivity index (χ3v) is 6.12. The molecule has 1 amide bonds. The van der Waals surface area contributed by atoms with Crippen LogP contribution in [0.1, 0.15) is 54.7 Å². The van der Waals surface area contributed by atoms with E-state index in [4.69, 9.17) is 0 Å². The van der Waals surface area contributed by atoms with Gasteiger partial charge in [-0.05, 0) is 49.8 Å². The van der Waals surface area contributed by atoms with Gasteiger partial charge in [-0.25, -0.2) is 9.07 Å². The minimum atomic E-state index is -4.88. The van der Waals surface area contributed by atoms with Crippen molar-refractivity contribution >= 4 is 5.91 Å². The summed E-state index contributed by atoms with van der Waals surface area (Å²) in [7, 11) is 0. The summed E-state index contributed by atoms with van der Waals surface area (Å²) in [5.41, 5.74) is -2.27. The molecule has 1 aliphatic carbocycles. The predicted molar refractivity (Wildman–Crippen MR) is 105 cm³/mol. The molecule has 0 atom stereocenters. The maximum absolute atomic E-state index is 13.7. The van der Waals surface area contributed by atoms with Crippen LogP contribution in [0.25, 0.3) is 5.69 Å². The molecule has 2 fully saturated rings. The lowest BCUT2D eigenvalue weighted by Crippen LogP contribution is -2.46. The predicted octanol–water partition coefficient (Wildman–Crippen LogP) is 3.81. The normalized spacial score (nSPS) is 19.1. The van der Waals surface area contributed by atoms with E-state index >= 15 is 0 Å². The first kappa shape index (κ1) is 21.7. The number of hydrogen-bond acceptors (Lipinski definition) is 4. The van der Waals surface area contributed by atoms with E-state index < -0.39 is 29.3 Å². The average molecular weight is 439 g/mol. The number of likely N-dealkylation sites (tertiary alicyclic amines) is 1. The molecule has 31 heavy (non-hydrogen) atoms. The number of benzene rings is 1. The number of nitrogens with one attached hydrogen (secondary N) is 1. The van der Waals surface area contributed by atoms with Gasteiger partial charge in [0.2, 0.25) is 0 Å². The molecule has 0 unspecified atom stereocenters. The van der Waals surface area contributed by atoms with Crippen LogP contribution in [0.15, 0.2) is 24.3 Å². The van der Waals surface area contributed by atoms with Gasteiger partial charge in [0, 0.05) is 25.7 Å². The Hall–Kier alpha value is -2.49. The second-order valence-corrected chi connectivity index (χ2v) is 8.37. The highest BCUT2D eigenvalue weighted by Gasteiger charge is 2.42. The molecule has 1 aromatic carbocycles. The molecule has 1 aromatic heterocycles. The Morgan fingerprint density at radius 3 is 2.48 bits per heavy atom. The maximum atomic E-state index is 13.7. The van der Waals surface area contributed by atoms with Gasteiger partial charge < -0.3 is 10.2 Å². The Morgan fingerprint density at radius 1 is 1.13 bits per heavy atom. The number of hydrogen-bond donors (Lipinski definition) is 1. The van der Waals surface area contributed by atoms with E-state index in [0.717, 1.165) is 37.7 Å². The summed E-state index contributed by atoms with van der Waals surface area (Å²) in [5, 5.41) is 9.66. The largest absolute Gasteiger partial charge is 0.435 e. The molecule has 1 N–H and O–H groups in total. The van der Waals surface area contributed by atoms with Crippen LogP contribution in [0.3, 0.4) is 0 Å². The topological polar surface area (TPSA) is 63.1 Å². The lowest BCUT2D eigenvalue weighted by Gasteiger charge is -2.33. The van der Waals surface area contributed by atoms with Crippen LogP contribution in [-0.2, 0) is 6.18 Å². The van der Waals surface area contributed by atoms with Crippen LogP contribution in [0.2, 0.25) is 0 Å². The molecule has 2 aromatic rings. The van der Waals surface area contributed by atoms with Gasteiger partial charge in [0.05, 0.1) is 5.69 Å². The number of carbonyl (C=O) groups excluding carboxylic acids is 1. The molecular formula is C21H25F4N5O. The first-order valence-electron chi connectivity index (χ1n) is 10.6. The fourth-order valence-electron chi connectivity index (χ4n) is 4.55. The molecule has 0 spiro atoms. The minimum Gasteiger partial charge on any atom is -0.348 e. The summed E-state index contributed by atoms with van der Waals surface area (Å²) in [4.78, 5) is 15.0. The van der Waals surface area contributed by atoms with Gasteiger partial charge in [0.25, 0.3) is 5.91 Å². The number of piperidine rings is 1. The lowest BCUT2D eigenvalue weighted by atomic mass is 10.0. The molecule has 6 nitrogen and oxygen atoms in total. The zero-order valence-corrected chi connectivity index (χ0v) is 17.0. The van der Waals surface area contributed by atoms with Gasteiger partial charge in [0.15, 0.2) is 11.4 Å². The highest BCUT2D eigenvalue weighted by atomic mass is 19.4. The van der Waals surface area contributed by atoms with Gasteiger partial charge in [-0.15, -0.1) is 5.10 Å². The zero-order chi connectivity index (χ0) is 22.0. The van der Waals surface area contributed by atoms with Crippen LogP contribution in [0.4, 0.5) is 17.6 Å². The third-order valence-electron chi connectivity index (χ3n) is 6.12. The van der Waals surface area contributed by atoms with E-state index in [9.17, 15) is 22.4 Å². The van der Waals surface area contributed by atoms with Gasteiger partial charge in [-0.2, -0.15) is 13.2 Å². The highest BCUT2D eigenvalue weighted by molar-refractivity contribution is 5.93. The first-order valence-corrected chi connectivity index (χ1v) is 10.6. The van der Waals surface area contributed by atoms with Gasteiger partial charge in [-0.3, -0.25) is 4.79 Å². The monoisotopic (exact) mass is 439 g/mol. The first-order chi connectivity index (χ1) is 14.8. The Labute approximate surface area is 177 Å². The van der Waals surface area contributed by atoms with Crippen molar-refractivity contribution in [1.82, 2.24) is 25.2 Å². The summed E-state index contributed by atoms with van der Waals surface area (Å²) >= 11 is 0. The van der Waals surface area contributed by atoms with Crippen molar-refractivity contribution in [1.29, 1.82) is 0 Å². The van der Waals surface area contributed by atoms with Crippen molar-refractivity contribution in [2.75, 3.05) is 19.6 Å². The summed E-state index contributed by atoms with van der Waals surface area (Å²) in [6.07, 6.45) is 1.57. The number of carbonyl (C=O) groups is 1. The standard InChI is InChI=1S/C21H25F4N5O/c22-15-6-3-7-17(12-15)30-19(21(23,24)25)18(27-28-30)20(31)26-16-8-10-29(11-9-16)13-14-4-1-2-5-14/h3,6-7,12,14,16H,1-2,4-5,8-11,13H2,(H,26,31). The second kappa shape index (κ2) is 8.94. The van der Waals surface area contributed by atoms with Gasteiger partial charge in [0.1, 0.15) is 5.82 Å². The van der Waals surface area contributed by atoms with E-state index in [-0.39, 0.29) is 11.7 Å². The molecule has 0 radical (unpaired) electrons. The van der Waals surface area contributed by atoms with Crippen LogP contribution in [0, 0.1) is 11.7 Å². The van der Waals surface area contributed by atoms with E-state index in [1.165, 1.54) is 37.8 Å². The molecule has 1 saturated carbocycles. The van der Waals surface area contributed by atoms with Gasteiger partial charge in [-0.1, -0.05) is 24.1 Å². The van der Waals surface area contributed by atoms with Crippen LogP contribution < -0.4 is 5.32 Å². The van der Waals surface area contributed by atoms with Crippen molar-refractivity contribution in [3.05, 3.63) is 41.5 Å². The highest BCUT2D eigenvalue weighted by Crippen LogP contribution is 2.33. The molecular weight excluding hydrogens is 414 g/mol. The SMILES string of the molecule is O=C(NC1CCN(CC2CCCC2)CC1)c1nnn(-c2cccc(F)c2)c1C(F)(F)F. The van der Waals surface area contributed by atoms with E-state index in [0.29, 0.717) is 17.5 Å². The summed E-state index contributed by atoms with van der Waals surface area (Å²) in [5.74, 6) is -0.890. The summed E-state index contributed by atoms with van der Waals surface area (Å²) < 4.78 is 55.1. The molecule has 1 saturated heterocycles. The van der Waals surface area contributed by atoms with Gasteiger partial charge >= 0.3 is 6.18 Å². The van der Waals surface area contributed by atoms with E-state index in [1.807, 2.05) is 0 Å². The fraction of sp³-hybridized carbons (Fsp3) is 0.571. The van der Waals surface area contributed by atoms with Crippen LogP contribution in [-0.4, -0.2) is 51.5 Å². The molecule has 0 bridgehead atoms. The van der Waals surface area contributed by atoms with Crippen molar-refractivity contribution in [2.24, 2.45) is 5.92 Å². The number of aromatic nitrogens is 3. The number of amides is 1. The second-order valence-electron chi connectivity index (χ2n) is 8.37. The molecule has 2 heterocycles. The number of rotatable bonds is 5. The summed E-state index contributed by atoms with van der Waals surface area (Å²) in [6, 6.07) is 4.35. The minimum absolute atomic E-state index is 0.154. The molecule has 2 aliphatic rings. The Morgan fingerprint density at radius 2 is 1.84 bits per heavy atom. The fourth-order valence-corrected chi connectivity index (χ4v) is 4.55. The maximum Gasteiger partial charge on any atom is 0.435 e. The van der Waals surface area contributed by atoms with Crippen LogP contribution in [0.5, 0.6) is 0 Å². The van der Waals surface area contributed by atoms with E-state index in [2.05, 4.69) is 20.5 Å². The van der Waals surface area contributed by atoms with Crippen molar-refractivity contribution in [2.45, 2.75) is 50.7 Å². The van der Waals surface area contributed by atoms with Crippen molar-refractivity contribution in [3.63, 3.8) is 0 Å². The third kappa shape index (κ3) is 5.06. The van der Waals surface area contributed by atoms with E-state index in [1.54, 1.807) is 0 Å². The number of nitrogens with zero attached hydrogens (tertiary/aromatic N) is 4.